The van der Waals surface area contributed by atoms with Gasteiger partial charge in [0.25, 0.3) is 5.69 Å². The van der Waals surface area contributed by atoms with Crippen LogP contribution in [0, 0.1) is 10.1 Å². The Labute approximate surface area is 248 Å². The largest absolute Gasteiger partial charge is 0.490 e. The van der Waals surface area contributed by atoms with E-state index in [9.17, 15) is 28.1 Å². The maximum Gasteiger partial charge on any atom is 0.423 e. The smallest absolute Gasteiger partial charge is 0.423 e. The molecule has 2 saturated heterocycles. The van der Waals surface area contributed by atoms with Crippen molar-refractivity contribution in [3.63, 3.8) is 0 Å². The molecule has 2 aliphatic heterocycles. The number of nitro groups is 1. The van der Waals surface area contributed by atoms with Gasteiger partial charge < -0.3 is 19.3 Å². The summed E-state index contributed by atoms with van der Waals surface area (Å²) in [6, 6.07) is 20.6. The van der Waals surface area contributed by atoms with Gasteiger partial charge in [-0.3, -0.25) is 14.9 Å². The summed E-state index contributed by atoms with van der Waals surface area (Å²) in [6.07, 6.45) is -1.82. The summed E-state index contributed by atoms with van der Waals surface area (Å²) in [7, 11) is 0. The number of para-hydroxylation sites is 1. The molecule has 2 heterocycles. The van der Waals surface area contributed by atoms with Crippen molar-refractivity contribution in [1.29, 1.82) is 0 Å². The zero-order valence-corrected chi connectivity index (χ0v) is 23.7. The van der Waals surface area contributed by atoms with Gasteiger partial charge in [0.2, 0.25) is 5.91 Å². The molecule has 228 valence electrons. The van der Waals surface area contributed by atoms with Gasteiger partial charge >= 0.3 is 6.18 Å². The fourth-order valence-corrected chi connectivity index (χ4v) is 5.72. The van der Waals surface area contributed by atoms with Crippen LogP contribution in [-0.4, -0.2) is 59.5 Å². The summed E-state index contributed by atoms with van der Waals surface area (Å²) in [5.41, 5.74) is -1.05. The Bertz CT molecular complexity index is 1390. The molecule has 0 spiro atoms. The minimum atomic E-state index is -4.86. The van der Waals surface area contributed by atoms with Crippen LogP contribution in [0.4, 0.5) is 18.9 Å². The zero-order valence-electron chi connectivity index (χ0n) is 23.7. The van der Waals surface area contributed by atoms with E-state index in [0.717, 1.165) is 43.5 Å². The van der Waals surface area contributed by atoms with E-state index < -0.39 is 22.4 Å². The molecule has 2 aliphatic rings. The summed E-state index contributed by atoms with van der Waals surface area (Å²) >= 11 is 0. The van der Waals surface area contributed by atoms with E-state index in [1.54, 1.807) is 4.90 Å². The van der Waals surface area contributed by atoms with Gasteiger partial charge in [-0.05, 0) is 73.8 Å². The van der Waals surface area contributed by atoms with E-state index >= 15 is 0 Å². The summed E-state index contributed by atoms with van der Waals surface area (Å²) in [6.45, 7) is 3.44. The molecular formula is C32H34F3N3O5. The van der Waals surface area contributed by atoms with Crippen LogP contribution < -0.4 is 9.47 Å². The highest BCUT2D eigenvalue weighted by Gasteiger charge is 2.39. The minimum Gasteiger partial charge on any atom is -0.490 e. The topological polar surface area (TPSA) is 85.2 Å². The molecule has 0 radical (unpaired) electrons. The lowest BCUT2D eigenvalue weighted by Gasteiger charge is -2.34. The number of hydrogen-bond donors (Lipinski definition) is 0. The molecule has 0 N–H and O–H groups in total. The number of rotatable bonds is 9. The van der Waals surface area contributed by atoms with Crippen LogP contribution in [0.2, 0.25) is 0 Å². The number of carbonyl (C=O) groups excluding carboxylic acids is 1. The quantitative estimate of drug-likeness (QED) is 0.194. The number of nitrogens with zero attached hydrogens (tertiary/aromatic N) is 3. The van der Waals surface area contributed by atoms with Crippen molar-refractivity contribution in [3.8, 4) is 17.2 Å². The number of hydrogen-bond acceptors (Lipinski definition) is 6. The van der Waals surface area contributed by atoms with Gasteiger partial charge in [-0.2, -0.15) is 13.2 Å². The molecule has 1 amide bonds. The maximum atomic E-state index is 13.3. The van der Waals surface area contributed by atoms with E-state index in [1.165, 1.54) is 11.6 Å². The van der Waals surface area contributed by atoms with Crippen molar-refractivity contribution in [2.75, 3.05) is 32.7 Å². The molecule has 11 heteroatoms. The van der Waals surface area contributed by atoms with Gasteiger partial charge in [-0.1, -0.05) is 30.3 Å². The third-order valence-corrected chi connectivity index (χ3v) is 8.13. The van der Waals surface area contributed by atoms with Gasteiger partial charge in [-0.15, -0.1) is 0 Å². The van der Waals surface area contributed by atoms with Crippen LogP contribution >= 0.6 is 0 Å². The highest BCUT2D eigenvalue weighted by molar-refractivity contribution is 5.76. The molecule has 43 heavy (non-hydrogen) atoms. The Kier molecular flexibility index (Phi) is 9.49. The number of nitro benzene ring substituents is 1. The number of ether oxygens (including phenoxy) is 2. The van der Waals surface area contributed by atoms with Crippen molar-refractivity contribution in [1.82, 2.24) is 9.80 Å². The molecule has 0 saturated carbocycles. The molecule has 0 atom stereocenters. The van der Waals surface area contributed by atoms with E-state index in [1.807, 2.05) is 42.5 Å². The second kappa shape index (κ2) is 13.5. The molecule has 0 aromatic heterocycles. The zero-order chi connectivity index (χ0) is 30.4. The number of alkyl halides is 3. The molecule has 3 aromatic rings. The van der Waals surface area contributed by atoms with Crippen LogP contribution in [-0.2, 0) is 11.0 Å². The lowest BCUT2D eigenvalue weighted by atomic mass is 9.89. The maximum absolute atomic E-state index is 13.3. The number of amides is 1. The summed E-state index contributed by atoms with van der Waals surface area (Å²) in [5, 5.41) is 11.0. The fraction of sp³-hybridized carbons (Fsp3) is 0.406. The van der Waals surface area contributed by atoms with E-state index in [-0.39, 0.29) is 17.8 Å². The van der Waals surface area contributed by atoms with Crippen molar-refractivity contribution in [2.24, 2.45) is 0 Å². The minimum absolute atomic E-state index is 0.0595. The normalized spacial score (nSPS) is 17.0. The van der Waals surface area contributed by atoms with Gasteiger partial charge in [0, 0.05) is 45.0 Å². The third-order valence-electron chi connectivity index (χ3n) is 8.13. The van der Waals surface area contributed by atoms with Crippen LogP contribution in [0.15, 0.2) is 72.8 Å². The molecule has 5 rings (SSSR count). The average Bonchev–Trinajstić information content (AvgIpc) is 3.01. The lowest BCUT2D eigenvalue weighted by Crippen LogP contribution is -2.43. The number of benzene rings is 3. The van der Waals surface area contributed by atoms with Crippen LogP contribution in [0.3, 0.4) is 0 Å². The van der Waals surface area contributed by atoms with Crippen molar-refractivity contribution in [2.45, 2.75) is 50.3 Å². The lowest BCUT2D eigenvalue weighted by molar-refractivity contribution is -0.388. The van der Waals surface area contributed by atoms with Gasteiger partial charge in [0.05, 0.1) is 4.92 Å². The molecular weight excluding hydrogens is 563 g/mol. The Hall–Kier alpha value is -4.12. The van der Waals surface area contributed by atoms with Gasteiger partial charge in [0.1, 0.15) is 28.9 Å². The van der Waals surface area contributed by atoms with Crippen molar-refractivity contribution < 1.29 is 32.4 Å². The predicted octanol–water partition coefficient (Wildman–Crippen LogP) is 7.05. The second-order valence-electron chi connectivity index (χ2n) is 11.0. The molecule has 2 fully saturated rings. The van der Waals surface area contributed by atoms with Crippen LogP contribution in [0.1, 0.15) is 49.1 Å². The van der Waals surface area contributed by atoms with E-state index in [0.29, 0.717) is 50.9 Å². The Morgan fingerprint density at radius 2 is 1.49 bits per heavy atom. The van der Waals surface area contributed by atoms with Crippen molar-refractivity contribution in [3.05, 3.63) is 94.0 Å². The monoisotopic (exact) mass is 597 g/mol. The number of likely N-dealkylation sites (tertiary alicyclic amines) is 2. The first-order valence-electron chi connectivity index (χ1n) is 14.5. The number of halogens is 3. The van der Waals surface area contributed by atoms with Gasteiger partial charge in [0.15, 0.2) is 0 Å². The van der Waals surface area contributed by atoms with E-state index in [4.69, 9.17) is 9.47 Å². The predicted molar refractivity (Wildman–Crippen MR) is 154 cm³/mol. The molecule has 3 aromatic carbocycles. The summed E-state index contributed by atoms with van der Waals surface area (Å²) in [4.78, 5) is 26.9. The average molecular weight is 598 g/mol. The highest BCUT2D eigenvalue weighted by Crippen LogP contribution is 2.38. The fourth-order valence-electron chi connectivity index (χ4n) is 5.72. The SMILES string of the molecule is O=C(CCN1CCC(c2ccc(Oc3ccccc3)cc2)CC1)N1CCC(Oc2ccc([N+](=O)[O-])c(C(F)(F)F)c2)CC1. The Morgan fingerprint density at radius 3 is 2.12 bits per heavy atom. The third kappa shape index (κ3) is 8.04. The molecule has 0 aliphatic carbocycles. The molecule has 0 unspecified atom stereocenters. The summed E-state index contributed by atoms with van der Waals surface area (Å²) in [5.74, 6) is 2.08. The van der Waals surface area contributed by atoms with Crippen LogP contribution in [0.5, 0.6) is 17.2 Å². The van der Waals surface area contributed by atoms with E-state index in [2.05, 4.69) is 17.0 Å². The first-order valence-corrected chi connectivity index (χ1v) is 14.5. The molecule has 0 bridgehead atoms. The Morgan fingerprint density at radius 1 is 0.860 bits per heavy atom. The van der Waals surface area contributed by atoms with Crippen LogP contribution in [0.25, 0.3) is 0 Å². The Balaban J connectivity index is 1.02. The molecule has 8 nitrogen and oxygen atoms in total. The first kappa shape index (κ1) is 30.3. The number of piperidine rings is 2. The first-order chi connectivity index (χ1) is 20.7. The summed E-state index contributed by atoms with van der Waals surface area (Å²) < 4.78 is 51.4. The van der Waals surface area contributed by atoms with Crippen molar-refractivity contribution >= 4 is 11.6 Å². The van der Waals surface area contributed by atoms with Gasteiger partial charge in [-0.25, -0.2) is 0 Å². The highest BCUT2D eigenvalue weighted by atomic mass is 19.4. The second-order valence-corrected chi connectivity index (χ2v) is 11.0. The standard InChI is InChI=1S/C32H34F3N3O5/c33-32(34,35)29-22-28(10-11-30(29)38(40)41)43-27-14-20-37(21-15-27)31(39)16-19-36-17-12-24(13-18-36)23-6-8-26(9-7-23)42-25-4-2-1-3-5-25/h1-11,22,24,27H,12-21H2. The number of carbonyl (C=O) groups is 1.